The lowest BCUT2D eigenvalue weighted by atomic mass is 9.97. The molecule has 1 aliphatic rings. The third-order valence-electron chi connectivity index (χ3n) is 4.94. The molecule has 1 amide bonds. The molecule has 7 nitrogen and oxygen atoms in total. The van der Waals surface area contributed by atoms with Crippen molar-refractivity contribution in [1.82, 2.24) is 10.1 Å². The van der Waals surface area contributed by atoms with Gasteiger partial charge in [0.2, 0.25) is 11.7 Å². The van der Waals surface area contributed by atoms with E-state index in [0.717, 1.165) is 11.0 Å². The lowest BCUT2D eigenvalue weighted by molar-refractivity contribution is -0.148. The maximum absolute atomic E-state index is 12.5. The number of amides is 1. The molecule has 4 rings (SSSR count). The molecule has 0 spiro atoms. The quantitative estimate of drug-likeness (QED) is 0.658. The van der Waals surface area contributed by atoms with Crippen LogP contribution in [0.15, 0.2) is 45.3 Å². The fraction of sp³-hybridized carbons (Fsp3) is 0.350. The van der Waals surface area contributed by atoms with Crippen molar-refractivity contribution in [3.05, 3.63) is 42.1 Å². The summed E-state index contributed by atoms with van der Waals surface area (Å²) in [4.78, 5) is 25.8. The summed E-state index contributed by atoms with van der Waals surface area (Å²) >= 11 is 0. The minimum atomic E-state index is -0.200. The average molecular weight is 368 g/mol. The zero-order chi connectivity index (χ0) is 18.8. The number of fused-ring (bicyclic) bond motifs is 1. The lowest BCUT2D eigenvalue weighted by Gasteiger charge is -2.30. The van der Waals surface area contributed by atoms with Crippen LogP contribution in [0.2, 0.25) is 0 Å². The fourth-order valence-electron chi connectivity index (χ4n) is 3.41. The van der Waals surface area contributed by atoms with E-state index in [1.165, 1.54) is 7.11 Å². The number of para-hydroxylation sites is 1. The number of furan rings is 1. The number of esters is 1. The second kappa shape index (κ2) is 7.26. The number of hydrogen-bond donors (Lipinski definition) is 0. The van der Waals surface area contributed by atoms with Crippen molar-refractivity contribution in [2.75, 3.05) is 20.2 Å². The first-order valence-electron chi connectivity index (χ1n) is 8.94. The number of likely N-dealkylation sites (tertiary alicyclic amines) is 1. The van der Waals surface area contributed by atoms with Gasteiger partial charge in [-0.2, -0.15) is 0 Å². The van der Waals surface area contributed by atoms with Crippen molar-refractivity contribution in [3.8, 4) is 11.5 Å². The Morgan fingerprint density at radius 1 is 1.19 bits per heavy atom. The summed E-state index contributed by atoms with van der Waals surface area (Å²) in [5.74, 6) is 0.738. The molecular weight excluding hydrogens is 348 g/mol. The third kappa shape index (κ3) is 3.58. The third-order valence-corrected chi connectivity index (χ3v) is 4.94. The highest BCUT2D eigenvalue weighted by atomic mass is 16.5. The van der Waals surface area contributed by atoms with E-state index in [0.29, 0.717) is 43.1 Å². The molecule has 0 N–H and O–H groups in total. The molecule has 0 radical (unpaired) electrons. The van der Waals surface area contributed by atoms with Gasteiger partial charge in [-0.15, -0.1) is 0 Å². The van der Waals surface area contributed by atoms with Gasteiger partial charge in [0.1, 0.15) is 5.58 Å². The fourth-order valence-corrected chi connectivity index (χ4v) is 3.41. The normalized spacial score (nSPS) is 15.2. The molecular formula is C20H20N2O5. The van der Waals surface area contributed by atoms with Gasteiger partial charge in [0.05, 0.1) is 25.1 Å². The van der Waals surface area contributed by atoms with Crippen molar-refractivity contribution in [1.29, 1.82) is 0 Å². The van der Waals surface area contributed by atoms with Crippen molar-refractivity contribution in [3.63, 3.8) is 0 Å². The predicted molar refractivity (Wildman–Crippen MR) is 96.7 cm³/mol. The minimum absolute atomic E-state index is 0.0252. The molecule has 0 bridgehead atoms. The van der Waals surface area contributed by atoms with E-state index in [1.54, 1.807) is 11.0 Å². The smallest absolute Gasteiger partial charge is 0.308 e. The molecule has 0 saturated carbocycles. The SMILES string of the molecule is COC(=O)C1CCN(C(=O)Cc2cc(-c3cc4ccccc4o3)on2)CC1. The van der Waals surface area contributed by atoms with Crippen LogP contribution in [0.25, 0.3) is 22.5 Å². The molecule has 7 heteroatoms. The van der Waals surface area contributed by atoms with Gasteiger partial charge in [-0.1, -0.05) is 23.4 Å². The Hall–Kier alpha value is -3.09. The van der Waals surface area contributed by atoms with Crippen molar-refractivity contribution in [2.45, 2.75) is 19.3 Å². The van der Waals surface area contributed by atoms with Gasteiger partial charge in [-0.3, -0.25) is 9.59 Å². The highest BCUT2D eigenvalue weighted by Crippen LogP contribution is 2.28. The first kappa shape index (κ1) is 17.3. The molecule has 1 aromatic carbocycles. The zero-order valence-corrected chi connectivity index (χ0v) is 15.0. The summed E-state index contributed by atoms with van der Waals surface area (Å²) < 4.78 is 15.9. The van der Waals surface area contributed by atoms with E-state index in [-0.39, 0.29) is 24.2 Å². The summed E-state index contributed by atoms with van der Waals surface area (Å²) in [7, 11) is 1.39. The molecule has 1 aliphatic heterocycles. The van der Waals surface area contributed by atoms with Gasteiger partial charge < -0.3 is 18.6 Å². The van der Waals surface area contributed by atoms with Gasteiger partial charge in [0, 0.05) is 24.5 Å². The van der Waals surface area contributed by atoms with Gasteiger partial charge in [0.15, 0.2) is 5.76 Å². The summed E-state index contributed by atoms with van der Waals surface area (Å²) in [5.41, 5.74) is 1.33. The molecule has 1 fully saturated rings. The maximum Gasteiger partial charge on any atom is 0.308 e. The highest BCUT2D eigenvalue weighted by molar-refractivity contribution is 5.82. The number of rotatable bonds is 4. The molecule has 2 aromatic heterocycles. The van der Waals surface area contributed by atoms with Gasteiger partial charge in [-0.25, -0.2) is 0 Å². The summed E-state index contributed by atoms with van der Waals surface area (Å²) in [6.45, 7) is 1.10. The summed E-state index contributed by atoms with van der Waals surface area (Å²) in [6, 6.07) is 11.3. The number of hydrogen-bond acceptors (Lipinski definition) is 6. The number of methoxy groups -OCH3 is 1. The Kier molecular flexibility index (Phi) is 4.66. The number of benzene rings is 1. The zero-order valence-electron chi connectivity index (χ0n) is 15.0. The van der Waals surface area contributed by atoms with E-state index >= 15 is 0 Å². The average Bonchev–Trinajstić information content (AvgIpc) is 3.34. The number of carbonyl (C=O) groups excluding carboxylic acids is 2. The van der Waals surface area contributed by atoms with Crippen molar-refractivity contribution in [2.24, 2.45) is 5.92 Å². The van der Waals surface area contributed by atoms with Gasteiger partial charge >= 0.3 is 5.97 Å². The van der Waals surface area contributed by atoms with E-state index < -0.39 is 0 Å². The largest absolute Gasteiger partial charge is 0.469 e. The van der Waals surface area contributed by atoms with Crippen LogP contribution in [0.5, 0.6) is 0 Å². The van der Waals surface area contributed by atoms with E-state index in [4.69, 9.17) is 13.7 Å². The topological polar surface area (TPSA) is 85.8 Å². The predicted octanol–water partition coefficient (Wildman–Crippen LogP) is 3.04. The summed E-state index contributed by atoms with van der Waals surface area (Å²) in [5, 5.41) is 4.98. The van der Waals surface area contributed by atoms with Crippen LogP contribution in [0.1, 0.15) is 18.5 Å². The van der Waals surface area contributed by atoms with Crippen LogP contribution in [0, 0.1) is 5.92 Å². The van der Waals surface area contributed by atoms with Crippen molar-refractivity contribution >= 4 is 22.8 Å². The van der Waals surface area contributed by atoms with Crippen LogP contribution >= 0.6 is 0 Å². The van der Waals surface area contributed by atoms with E-state index in [1.807, 2.05) is 30.3 Å². The van der Waals surface area contributed by atoms with E-state index in [9.17, 15) is 9.59 Å². The number of nitrogens with zero attached hydrogens (tertiary/aromatic N) is 2. The molecule has 27 heavy (non-hydrogen) atoms. The number of piperidine rings is 1. The Balaban J connectivity index is 1.39. The molecule has 140 valence electrons. The number of aromatic nitrogens is 1. The monoisotopic (exact) mass is 368 g/mol. The number of ether oxygens (including phenoxy) is 1. The second-order valence-corrected chi connectivity index (χ2v) is 6.69. The molecule has 3 aromatic rings. The van der Waals surface area contributed by atoms with Crippen LogP contribution in [-0.4, -0.2) is 42.1 Å². The Labute approximate surface area is 155 Å². The van der Waals surface area contributed by atoms with Crippen LogP contribution < -0.4 is 0 Å². The maximum atomic E-state index is 12.5. The molecule has 3 heterocycles. The van der Waals surface area contributed by atoms with Crippen LogP contribution in [-0.2, 0) is 20.7 Å². The first-order chi connectivity index (χ1) is 13.1. The standard InChI is InChI=1S/C20H20N2O5/c1-25-20(24)13-6-8-22(9-7-13)19(23)12-15-11-18(27-21-15)17-10-14-4-2-3-5-16(14)26-17/h2-5,10-11,13H,6-9,12H2,1H3. The molecule has 1 saturated heterocycles. The van der Waals surface area contributed by atoms with Crippen molar-refractivity contribution < 1.29 is 23.3 Å². The highest BCUT2D eigenvalue weighted by Gasteiger charge is 2.28. The van der Waals surface area contributed by atoms with Gasteiger partial charge in [-0.05, 0) is 25.0 Å². The Morgan fingerprint density at radius 2 is 1.96 bits per heavy atom. The Bertz CT molecular complexity index is 933. The molecule has 0 aliphatic carbocycles. The Morgan fingerprint density at radius 3 is 2.70 bits per heavy atom. The number of carbonyl (C=O) groups is 2. The lowest BCUT2D eigenvalue weighted by Crippen LogP contribution is -2.41. The van der Waals surface area contributed by atoms with E-state index in [2.05, 4.69) is 5.16 Å². The first-order valence-corrected chi connectivity index (χ1v) is 8.94. The van der Waals surface area contributed by atoms with Crippen LogP contribution in [0.3, 0.4) is 0 Å². The summed E-state index contributed by atoms with van der Waals surface area (Å²) in [6.07, 6.45) is 1.41. The van der Waals surface area contributed by atoms with Crippen LogP contribution in [0.4, 0.5) is 0 Å². The minimum Gasteiger partial charge on any atom is -0.469 e. The van der Waals surface area contributed by atoms with Gasteiger partial charge in [0.25, 0.3) is 0 Å². The molecule has 0 atom stereocenters. The second-order valence-electron chi connectivity index (χ2n) is 6.69. The molecule has 0 unspecified atom stereocenters.